The van der Waals surface area contributed by atoms with Crippen LogP contribution in [0.25, 0.3) is 0 Å². The minimum atomic E-state index is -0.00446. The summed E-state index contributed by atoms with van der Waals surface area (Å²) in [6, 6.07) is 6.23. The number of hydrogen-bond donors (Lipinski definition) is 1. The fourth-order valence-electron chi connectivity index (χ4n) is 3.91. The lowest BCUT2D eigenvalue weighted by Crippen LogP contribution is -2.47. The molecule has 25 heavy (non-hydrogen) atoms. The van der Waals surface area contributed by atoms with Gasteiger partial charge in [-0.25, -0.2) is 4.79 Å². The fraction of sp³-hybridized carbons (Fsp3) is 0.571. The molecule has 1 aromatic carbocycles. The van der Waals surface area contributed by atoms with Crippen molar-refractivity contribution in [3.8, 4) is 0 Å². The van der Waals surface area contributed by atoms with Gasteiger partial charge in [0.05, 0.1) is 13.2 Å². The van der Waals surface area contributed by atoms with Gasteiger partial charge in [0.15, 0.2) is 0 Å². The van der Waals surface area contributed by atoms with E-state index in [4.69, 9.17) is 4.74 Å². The second-order valence-electron chi connectivity index (χ2n) is 7.79. The Balaban J connectivity index is 1.80. The van der Waals surface area contributed by atoms with Crippen LogP contribution in [-0.2, 0) is 11.2 Å². The van der Waals surface area contributed by atoms with Gasteiger partial charge in [0.1, 0.15) is 0 Å². The Hall–Kier alpha value is -1.81. The van der Waals surface area contributed by atoms with Crippen LogP contribution in [0.3, 0.4) is 0 Å². The molecule has 2 amide bonds. The summed E-state index contributed by atoms with van der Waals surface area (Å²) in [6.45, 7) is 11.1. The topological polar surface area (TPSA) is 41.6 Å². The summed E-state index contributed by atoms with van der Waals surface area (Å²) in [6.07, 6.45) is 6.22. The first kappa shape index (κ1) is 18.0. The van der Waals surface area contributed by atoms with Crippen LogP contribution in [0.5, 0.6) is 0 Å². The molecular formula is C21H30N2O2. The summed E-state index contributed by atoms with van der Waals surface area (Å²) in [7, 11) is 0. The van der Waals surface area contributed by atoms with E-state index in [0.29, 0.717) is 19.1 Å². The van der Waals surface area contributed by atoms with Crippen molar-refractivity contribution in [3.05, 3.63) is 42.0 Å². The number of anilines is 1. The third-order valence-electron chi connectivity index (χ3n) is 5.54. The third-order valence-corrected chi connectivity index (χ3v) is 5.54. The Kier molecular flexibility index (Phi) is 5.48. The van der Waals surface area contributed by atoms with E-state index in [2.05, 4.69) is 43.9 Å². The molecule has 1 heterocycles. The van der Waals surface area contributed by atoms with E-state index >= 15 is 0 Å². The normalized spacial score (nSPS) is 19.4. The summed E-state index contributed by atoms with van der Waals surface area (Å²) in [4.78, 5) is 15.0. The Morgan fingerprint density at radius 1 is 1.44 bits per heavy atom. The average molecular weight is 342 g/mol. The summed E-state index contributed by atoms with van der Waals surface area (Å²) < 4.78 is 5.77. The molecule has 3 rings (SSSR count). The Morgan fingerprint density at radius 2 is 2.24 bits per heavy atom. The van der Waals surface area contributed by atoms with Crippen LogP contribution in [0, 0.1) is 5.41 Å². The molecular weight excluding hydrogens is 312 g/mol. The zero-order valence-corrected chi connectivity index (χ0v) is 15.5. The van der Waals surface area contributed by atoms with Crippen molar-refractivity contribution < 1.29 is 9.53 Å². The van der Waals surface area contributed by atoms with Crippen LogP contribution in [0.2, 0.25) is 0 Å². The van der Waals surface area contributed by atoms with Crippen molar-refractivity contribution in [1.82, 2.24) is 4.90 Å². The number of allylic oxidation sites excluding steroid dienone is 1. The zero-order chi connectivity index (χ0) is 17.9. The first-order chi connectivity index (χ1) is 12.0. The number of ether oxygens (including phenoxy) is 1. The van der Waals surface area contributed by atoms with Gasteiger partial charge in [-0.1, -0.05) is 44.5 Å². The van der Waals surface area contributed by atoms with Gasteiger partial charge in [-0.05, 0) is 36.3 Å². The van der Waals surface area contributed by atoms with E-state index < -0.39 is 0 Å². The molecule has 1 aromatic rings. The molecule has 1 saturated heterocycles. The summed E-state index contributed by atoms with van der Waals surface area (Å²) in [5, 5.41) is 3.21. The number of rotatable bonds is 4. The highest BCUT2D eigenvalue weighted by Crippen LogP contribution is 2.42. The molecule has 0 bridgehead atoms. The van der Waals surface area contributed by atoms with E-state index in [1.165, 1.54) is 24.8 Å². The van der Waals surface area contributed by atoms with Crippen molar-refractivity contribution in [2.75, 3.05) is 31.6 Å². The molecule has 1 saturated carbocycles. The number of nitrogens with one attached hydrogen (secondary N) is 1. The minimum Gasteiger partial charge on any atom is -0.379 e. The zero-order valence-electron chi connectivity index (χ0n) is 15.5. The Morgan fingerprint density at radius 3 is 2.88 bits per heavy atom. The van der Waals surface area contributed by atoms with Gasteiger partial charge >= 0.3 is 6.03 Å². The summed E-state index contributed by atoms with van der Waals surface area (Å²) in [5.41, 5.74) is 3.45. The third kappa shape index (κ3) is 3.90. The number of hydrogen-bond acceptors (Lipinski definition) is 2. The van der Waals surface area contributed by atoms with Gasteiger partial charge in [-0.15, -0.1) is 6.58 Å². The van der Waals surface area contributed by atoms with E-state index in [-0.39, 0.29) is 11.4 Å². The van der Waals surface area contributed by atoms with Gasteiger partial charge in [0.25, 0.3) is 0 Å². The van der Waals surface area contributed by atoms with Crippen molar-refractivity contribution in [1.29, 1.82) is 0 Å². The van der Waals surface area contributed by atoms with Crippen molar-refractivity contribution in [2.24, 2.45) is 5.41 Å². The molecule has 136 valence electrons. The van der Waals surface area contributed by atoms with Crippen LogP contribution in [0.15, 0.2) is 30.9 Å². The van der Waals surface area contributed by atoms with Crippen molar-refractivity contribution in [2.45, 2.75) is 45.4 Å². The van der Waals surface area contributed by atoms with E-state index in [9.17, 15) is 4.79 Å². The first-order valence-corrected chi connectivity index (χ1v) is 9.41. The molecule has 1 aliphatic carbocycles. The molecule has 0 atom stereocenters. The molecule has 1 spiro atoms. The number of amides is 2. The molecule has 4 heteroatoms. The molecule has 0 radical (unpaired) electrons. The number of carbonyl (C=O) groups excluding carboxylic acids is 1. The average Bonchev–Trinajstić information content (AvgIpc) is 2.79. The second kappa shape index (κ2) is 7.61. The van der Waals surface area contributed by atoms with Gasteiger partial charge < -0.3 is 15.0 Å². The highest BCUT2D eigenvalue weighted by molar-refractivity contribution is 5.91. The van der Waals surface area contributed by atoms with E-state index in [1.54, 1.807) is 0 Å². The number of benzene rings is 1. The first-order valence-electron chi connectivity index (χ1n) is 9.41. The SMILES string of the molecule is C=CCc1cccc(C(C)C)c1NC(=O)N1CCOCC2(CCC2)C1. The molecule has 2 aliphatic rings. The predicted molar refractivity (Wildman–Crippen MR) is 102 cm³/mol. The van der Waals surface area contributed by atoms with Crippen LogP contribution in [0.1, 0.15) is 50.2 Å². The maximum Gasteiger partial charge on any atom is 0.321 e. The van der Waals surface area contributed by atoms with Crippen LogP contribution >= 0.6 is 0 Å². The number of urea groups is 1. The lowest BCUT2D eigenvalue weighted by molar-refractivity contribution is 0.0130. The highest BCUT2D eigenvalue weighted by atomic mass is 16.5. The van der Waals surface area contributed by atoms with Crippen LogP contribution in [0.4, 0.5) is 10.5 Å². The monoisotopic (exact) mass is 342 g/mol. The highest BCUT2D eigenvalue weighted by Gasteiger charge is 2.41. The maximum absolute atomic E-state index is 13.0. The van der Waals surface area contributed by atoms with Gasteiger partial charge in [-0.2, -0.15) is 0 Å². The lowest BCUT2D eigenvalue weighted by Gasteiger charge is -2.42. The molecule has 0 aromatic heterocycles. The molecule has 1 aliphatic heterocycles. The molecule has 2 fully saturated rings. The number of para-hydroxylation sites is 1. The van der Waals surface area contributed by atoms with E-state index in [0.717, 1.165) is 30.8 Å². The Bertz CT molecular complexity index is 635. The molecule has 0 unspecified atom stereocenters. The number of nitrogens with zero attached hydrogens (tertiary/aromatic N) is 1. The second-order valence-corrected chi connectivity index (χ2v) is 7.79. The largest absolute Gasteiger partial charge is 0.379 e. The van der Waals surface area contributed by atoms with Gasteiger partial charge in [-0.3, -0.25) is 0 Å². The quantitative estimate of drug-likeness (QED) is 0.814. The van der Waals surface area contributed by atoms with Gasteiger partial charge in [0.2, 0.25) is 0 Å². The van der Waals surface area contributed by atoms with Crippen LogP contribution < -0.4 is 5.32 Å². The number of carbonyl (C=O) groups is 1. The molecule has 4 nitrogen and oxygen atoms in total. The predicted octanol–water partition coefficient (Wildman–Crippen LogP) is 4.57. The fourth-order valence-corrected chi connectivity index (χ4v) is 3.91. The van der Waals surface area contributed by atoms with Crippen LogP contribution in [-0.4, -0.2) is 37.2 Å². The minimum absolute atomic E-state index is 0.00446. The van der Waals surface area contributed by atoms with Crippen molar-refractivity contribution in [3.63, 3.8) is 0 Å². The maximum atomic E-state index is 13.0. The van der Waals surface area contributed by atoms with Crippen molar-refractivity contribution >= 4 is 11.7 Å². The smallest absolute Gasteiger partial charge is 0.321 e. The standard InChI is InChI=1S/C21H30N2O2/c1-4-7-17-8-5-9-18(16(2)3)19(17)22-20(24)23-12-13-25-15-21(14-23)10-6-11-21/h4-5,8-9,16H,1,6-7,10-15H2,2-3H3,(H,22,24). The molecule has 1 N–H and O–H groups in total. The van der Waals surface area contributed by atoms with Gasteiger partial charge in [0, 0.05) is 24.2 Å². The lowest BCUT2D eigenvalue weighted by atomic mass is 9.69. The summed E-state index contributed by atoms with van der Waals surface area (Å²) in [5.74, 6) is 0.352. The Labute approximate surface area is 151 Å². The van der Waals surface area contributed by atoms with E-state index in [1.807, 2.05) is 11.0 Å². The summed E-state index contributed by atoms with van der Waals surface area (Å²) >= 11 is 0.